The molecule has 0 unspecified atom stereocenters. The highest BCUT2D eigenvalue weighted by atomic mass is 16.4. The second kappa shape index (κ2) is 14.2. The van der Waals surface area contributed by atoms with Gasteiger partial charge in [-0.1, -0.05) is 55.8 Å². The summed E-state index contributed by atoms with van der Waals surface area (Å²) in [5.74, 6) is 0. The Labute approximate surface area is 207 Å². The number of pyridine rings is 1. The Morgan fingerprint density at radius 1 is 1.06 bits per heavy atom. The molecule has 4 aromatic rings. The molecule has 0 radical (unpaired) electrons. The van der Waals surface area contributed by atoms with Crippen molar-refractivity contribution in [2.45, 2.75) is 33.1 Å². The van der Waals surface area contributed by atoms with E-state index in [9.17, 15) is 0 Å². The topological polar surface area (TPSA) is 106 Å². The maximum atomic E-state index is 9.01. The molecule has 0 fully saturated rings. The molecule has 0 atom stereocenters. The Balaban J connectivity index is 0.000000326. The van der Waals surface area contributed by atoms with Crippen LogP contribution in [-0.4, -0.2) is 48.0 Å². The Morgan fingerprint density at radius 3 is 2.23 bits per heavy atom. The maximum absolute atomic E-state index is 9.01. The number of nitriles is 1. The fourth-order valence-electron chi connectivity index (χ4n) is 2.99. The van der Waals surface area contributed by atoms with E-state index in [2.05, 4.69) is 83.4 Å². The van der Waals surface area contributed by atoms with Crippen molar-refractivity contribution in [3.8, 4) is 11.8 Å². The number of rotatable bonds is 2. The summed E-state index contributed by atoms with van der Waals surface area (Å²) in [6.07, 6.45) is 1.67. The molecule has 2 aromatic heterocycles. The van der Waals surface area contributed by atoms with Gasteiger partial charge in [-0.25, -0.2) is 9.67 Å². The van der Waals surface area contributed by atoms with Gasteiger partial charge in [0.2, 0.25) is 5.65 Å². The molecule has 4 rings (SSSR count). The number of carbonyl (C=O) groups is 1. The summed E-state index contributed by atoms with van der Waals surface area (Å²) in [5.41, 5.74) is 6.61. The van der Waals surface area contributed by atoms with Crippen LogP contribution in [0.15, 0.2) is 60.8 Å². The predicted octanol–water partition coefficient (Wildman–Crippen LogP) is 5.10. The van der Waals surface area contributed by atoms with Crippen molar-refractivity contribution >= 4 is 23.6 Å². The summed E-state index contributed by atoms with van der Waals surface area (Å²) in [6.45, 7) is 10.8. The van der Waals surface area contributed by atoms with Gasteiger partial charge in [-0.3, -0.25) is 0 Å². The van der Waals surface area contributed by atoms with E-state index in [0.29, 0.717) is 11.2 Å². The molecule has 0 amide bonds. The van der Waals surface area contributed by atoms with E-state index in [1.165, 1.54) is 11.1 Å². The number of fused-ring (bicyclic) bond motifs is 1. The van der Waals surface area contributed by atoms with Crippen LogP contribution in [0, 0.1) is 18.3 Å². The van der Waals surface area contributed by atoms with Gasteiger partial charge in [0.05, 0.1) is 23.0 Å². The van der Waals surface area contributed by atoms with Gasteiger partial charge in [-0.2, -0.15) is 5.26 Å². The number of ether oxygens (including phenoxy) is 1. The van der Waals surface area contributed by atoms with Gasteiger partial charge in [0, 0.05) is 27.5 Å². The minimum atomic E-state index is 0.285. The van der Waals surface area contributed by atoms with E-state index < -0.39 is 0 Å². The molecule has 2 heterocycles. The molecule has 2 aromatic carbocycles. The number of nitrogens with zero attached hydrogens (tertiary/aromatic N) is 5. The van der Waals surface area contributed by atoms with Gasteiger partial charge in [-0.15, -0.1) is 5.10 Å². The van der Waals surface area contributed by atoms with Crippen LogP contribution in [0.2, 0.25) is 0 Å². The van der Waals surface area contributed by atoms with Crippen molar-refractivity contribution in [1.29, 1.82) is 5.26 Å². The number of hydrogen-bond acceptors (Lipinski definition) is 7. The van der Waals surface area contributed by atoms with Crippen molar-refractivity contribution in [2.24, 2.45) is 0 Å². The van der Waals surface area contributed by atoms with Gasteiger partial charge in [0.1, 0.15) is 12.3 Å². The Morgan fingerprint density at radius 2 is 1.69 bits per heavy atom. The van der Waals surface area contributed by atoms with Crippen LogP contribution >= 0.6 is 0 Å². The minimum Gasteiger partial charge on any atom is -0.388 e. The van der Waals surface area contributed by atoms with Crippen molar-refractivity contribution in [2.75, 3.05) is 26.6 Å². The molecule has 8 heteroatoms. The van der Waals surface area contributed by atoms with Crippen molar-refractivity contribution in [3.63, 3.8) is 0 Å². The molecule has 0 spiro atoms. The van der Waals surface area contributed by atoms with Gasteiger partial charge < -0.3 is 14.8 Å². The Kier molecular flexibility index (Phi) is 11.8. The number of hydrogen-bond donors (Lipinski definition) is 1. The minimum absolute atomic E-state index is 0.285. The van der Waals surface area contributed by atoms with Crippen molar-refractivity contribution < 1.29 is 9.53 Å². The van der Waals surface area contributed by atoms with Crippen molar-refractivity contribution in [1.82, 2.24) is 20.0 Å². The van der Waals surface area contributed by atoms with E-state index in [0.717, 1.165) is 16.9 Å². The Hall–Kier alpha value is -4.09. The summed E-state index contributed by atoms with van der Waals surface area (Å²) in [4.78, 5) is 12.1. The van der Waals surface area contributed by atoms with E-state index in [1.807, 2.05) is 32.0 Å². The number of benzene rings is 2. The molecular formula is C27H34N6O2. The quantitative estimate of drug-likeness (QED) is 0.431. The van der Waals surface area contributed by atoms with Crippen LogP contribution in [-0.2, 0) is 14.9 Å². The third kappa shape index (κ3) is 8.32. The van der Waals surface area contributed by atoms with E-state index in [-0.39, 0.29) is 5.41 Å². The second-order valence-corrected chi connectivity index (χ2v) is 8.47. The molecular weight excluding hydrogens is 440 g/mol. The van der Waals surface area contributed by atoms with Crippen LogP contribution in [0.1, 0.15) is 37.5 Å². The van der Waals surface area contributed by atoms with E-state index in [1.54, 1.807) is 37.2 Å². The van der Waals surface area contributed by atoms with Gasteiger partial charge in [-0.05, 0) is 48.2 Å². The maximum Gasteiger partial charge on any atom is 0.202 e. The molecule has 1 N–H and O–H groups in total. The fraction of sp³-hybridized carbons (Fsp3) is 0.296. The van der Waals surface area contributed by atoms with Crippen molar-refractivity contribution in [3.05, 3.63) is 77.5 Å². The van der Waals surface area contributed by atoms with Crippen LogP contribution in [0.25, 0.3) is 16.9 Å². The molecule has 0 aliphatic carbocycles. The van der Waals surface area contributed by atoms with Gasteiger partial charge >= 0.3 is 0 Å². The number of nitrogens with one attached hydrogen (secondary N) is 1. The van der Waals surface area contributed by atoms with Crippen LogP contribution in [0.3, 0.4) is 0 Å². The third-order valence-corrected chi connectivity index (χ3v) is 4.77. The number of aromatic nitrogens is 4. The van der Waals surface area contributed by atoms with E-state index in [4.69, 9.17) is 10.1 Å². The molecule has 0 saturated heterocycles. The normalized spacial score (nSPS) is 9.89. The lowest BCUT2D eigenvalue weighted by molar-refractivity contribution is -0.0979. The monoisotopic (exact) mass is 474 g/mol. The predicted molar refractivity (Wildman–Crippen MR) is 141 cm³/mol. The summed E-state index contributed by atoms with van der Waals surface area (Å²) in [5, 5.41) is 20.2. The van der Waals surface area contributed by atoms with Crippen LogP contribution in [0.5, 0.6) is 0 Å². The van der Waals surface area contributed by atoms with Gasteiger partial charge in [0.25, 0.3) is 0 Å². The first-order valence-corrected chi connectivity index (χ1v) is 10.9. The molecule has 0 saturated carbocycles. The zero-order chi connectivity index (χ0) is 26.4. The lowest BCUT2D eigenvalue weighted by Crippen LogP contribution is -2.10. The van der Waals surface area contributed by atoms with Crippen LogP contribution in [0.4, 0.5) is 5.69 Å². The lowest BCUT2D eigenvalue weighted by Gasteiger charge is -2.18. The number of methoxy groups -OCH3 is 1. The molecule has 0 bridgehead atoms. The average Bonchev–Trinajstić information content (AvgIpc) is 3.29. The van der Waals surface area contributed by atoms with Gasteiger partial charge in [0.15, 0.2) is 0 Å². The summed E-state index contributed by atoms with van der Waals surface area (Å²) >= 11 is 0. The number of aryl methyl sites for hydroxylation is 1. The zero-order valence-electron chi connectivity index (χ0n) is 21.5. The van der Waals surface area contributed by atoms with E-state index >= 15 is 0 Å². The summed E-state index contributed by atoms with van der Waals surface area (Å²) in [7, 11) is 5.07. The first-order valence-electron chi connectivity index (χ1n) is 10.9. The van der Waals surface area contributed by atoms with Crippen LogP contribution < -0.4 is 5.32 Å². The molecule has 35 heavy (non-hydrogen) atoms. The number of anilines is 1. The zero-order valence-corrected chi connectivity index (χ0v) is 21.5. The largest absolute Gasteiger partial charge is 0.388 e. The highest BCUT2D eigenvalue weighted by molar-refractivity contribution is 5.75. The molecule has 0 aliphatic rings. The molecule has 8 nitrogen and oxygen atoms in total. The standard InChI is InChI=1S/C13H10N6.C11H16.C2H6O.CH2O/c1-15-10-5-4-9(8-14)7-12(10)19-11-3-2-6-16-13(11)17-18-19;1-9-5-7-10(8-6-9)11(2,3)4;1-3-2;1-2/h2-7,15H,1H3;5-8H,1-4H3;1-2H3;1H2. The highest BCUT2D eigenvalue weighted by Gasteiger charge is 2.12. The first-order chi connectivity index (χ1) is 16.7. The summed E-state index contributed by atoms with van der Waals surface area (Å²) < 4.78 is 5.93. The smallest absolute Gasteiger partial charge is 0.202 e. The number of carbonyl (C=O) groups excluding carboxylic acids is 1. The molecule has 184 valence electrons. The summed E-state index contributed by atoms with van der Waals surface area (Å²) in [6, 6.07) is 20.0. The highest BCUT2D eigenvalue weighted by Crippen LogP contribution is 2.24. The molecule has 0 aliphatic heterocycles. The Bertz CT molecular complexity index is 1220. The second-order valence-electron chi connectivity index (χ2n) is 8.47. The average molecular weight is 475 g/mol. The SMILES string of the molecule is C=O.CNc1ccc(C#N)cc1-n1nnc2ncccc21.COC.Cc1ccc(C(C)(C)C)cc1. The fourth-order valence-corrected chi connectivity index (χ4v) is 2.99. The first kappa shape index (κ1) is 28.9. The third-order valence-electron chi connectivity index (χ3n) is 4.77. The lowest BCUT2D eigenvalue weighted by atomic mass is 9.87.